The number of thioether (sulfide) groups is 1. The number of fused-ring (bicyclic) bond motifs is 1. The molecule has 7 heteroatoms. The molecule has 0 aromatic heterocycles. The zero-order valence-electron chi connectivity index (χ0n) is 14.3. The standard InChI is InChI=1S/C19H16N2O3S2/c1-20(2)13-5-3-12(4-6-13)9-17-18(22)21(19(25)26-17)14-7-8-15-16(10-14)24-11-23-15/h3-10H,11H2,1-2H3/b17-9-. The maximum absolute atomic E-state index is 12.9. The lowest BCUT2D eigenvalue weighted by molar-refractivity contribution is -0.113. The number of hydrogen-bond donors (Lipinski definition) is 0. The maximum Gasteiger partial charge on any atom is 0.270 e. The van der Waals surface area contributed by atoms with Crippen molar-refractivity contribution >= 4 is 51.7 Å². The molecular formula is C19H16N2O3S2. The monoisotopic (exact) mass is 384 g/mol. The fourth-order valence-corrected chi connectivity index (χ4v) is 4.03. The molecule has 1 amide bonds. The van der Waals surface area contributed by atoms with Crippen molar-refractivity contribution in [3.63, 3.8) is 0 Å². The zero-order chi connectivity index (χ0) is 18.3. The van der Waals surface area contributed by atoms with E-state index in [4.69, 9.17) is 21.7 Å². The summed E-state index contributed by atoms with van der Waals surface area (Å²) >= 11 is 6.73. The van der Waals surface area contributed by atoms with Crippen LogP contribution in [0.2, 0.25) is 0 Å². The van der Waals surface area contributed by atoms with Gasteiger partial charge in [-0.05, 0) is 35.9 Å². The van der Waals surface area contributed by atoms with Crippen molar-refractivity contribution in [2.24, 2.45) is 0 Å². The predicted molar refractivity (Wildman–Crippen MR) is 109 cm³/mol. The number of nitrogens with zero attached hydrogens (tertiary/aromatic N) is 2. The van der Waals surface area contributed by atoms with Crippen LogP contribution in [0.3, 0.4) is 0 Å². The molecule has 0 saturated carbocycles. The minimum atomic E-state index is -0.129. The maximum atomic E-state index is 12.9. The highest BCUT2D eigenvalue weighted by Gasteiger charge is 2.34. The molecule has 0 aliphatic carbocycles. The minimum Gasteiger partial charge on any atom is -0.454 e. The second kappa shape index (κ2) is 6.66. The van der Waals surface area contributed by atoms with E-state index >= 15 is 0 Å². The average molecular weight is 384 g/mol. The number of carbonyl (C=O) groups excluding carboxylic acids is 1. The molecule has 26 heavy (non-hydrogen) atoms. The van der Waals surface area contributed by atoms with E-state index in [1.165, 1.54) is 16.7 Å². The molecule has 0 unspecified atom stereocenters. The Morgan fingerprint density at radius 1 is 1.12 bits per heavy atom. The van der Waals surface area contributed by atoms with E-state index in [2.05, 4.69) is 0 Å². The van der Waals surface area contributed by atoms with Crippen molar-refractivity contribution in [1.29, 1.82) is 0 Å². The van der Waals surface area contributed by atoms with Gasteiger partial charge < -0.3 is 14.4 Å². The SMILES string of the molecule is CN(C)c1ccc(/C=C2\SC(=S)N(c3ccc4c(c3)OCO4)C2=O)cc1. The lowest BCUT2D eigenvalue weighted by Gasteiger charge is -2.14. The van der Waals surface area contributed by atoms with Crippen LogP contribution in [0.4, 0.5) is 11.4 Å². The van der Waals surface area contributed by atoms with Gasteiger partial charge in [0.25, 0.3) is 5.91 Å². The molecule has 0 radical (unpaired) electrons. The Morgan fingerprint density at radius 2 is 1.85 bits per heavy atom. The number of ether oxygens (including phenoxy) is 2. The average Bonchev–Trinajstić information content (AvgIpc) is 3.19. The fourth-order valence-electron chi connectivity index (χ4n) is 2.73. The predicted octanol–water partition coefficient (Wildman–Crippen LogP) is 3.89. The lowest BCUT2D eigenvalue weighted by atomic mass is 10.2. The summed E-state index contributed by atoms with van der Waals surface area (Å²) in [7, 11) is 3.98. The summed E-state index contributed by atoms with van der Waals surface area (Å²) in [5, 5.41) is 0. The number of rotatable bonds is 3. The molecule has 132 valence electrons. The van der Waals surface area contributed by atoms with E-state index in [0.717, 1.165) is 11.3 Å². The second-order valence-electron chi connectivity index (χ2n) is 6.04. The summed E-state index contributed by atoms with van der Waals surface area (Å²) in [4.78, 5) is 17.0. The van der Waals surface area contributed by atoms with Crippen molar-refractivity contribution in [2.45, 2.75) is 0 Å². The number of hydrogen-bond acceptors (Lipinski definition) is 6. The number of carbonyl (C=O) groups is 1. The van der Waals surface area contributed by atoms with Gasteiger partial charge in [-0.3, -0.25) is 9.69 Å². The first-order valence-corrected chi connectivity index (χ1v) is 9.20. The molecule has 0 N–H and O–H groups in total. The minimum absolute atomic E-state index is 0.129. The number of thiocarbonyl (C=S) groups is 1. The van der Waals surface area contributed by atoms with Gasteiger partial charge in [-0.15, -0.1) is 0 Å². The van der Waals surface area contributed by atoms with E-state index in [1.54, 1.807) is 12.1 Å². The molecule has 2 aliphatic heterocycles. The first kappa shape index (κ1) is 16.9. The van der Waals surface area contributed by atoms with Gasteiger partial charge in [0.2, 0.25) is 6.79 Å². The topological polar surface area (TPSA) is 42.0 Å². The van der Waals surface area contributed by atoms with Gasteiger partial charge in [-0.2, -0.15) is 0 Å². The highest BCUT2D eigenvalue weighted by atomic mass is 32.2. The van der Waals surface area contributed by atoms with Gasteiger partial charge in [-0.25, -0.2) is 0 Å². The molecule has 0 bridgehead atoms. The molecule has 2 aromatic carbocycles. The normalized spacial score (nSPS) is 17.3. The van der Waals surface area contributed by atoms with Crippen molar-refractivity contribution in [3.8, 4) is 11.5 Å². The third-order valence-electron chi connectivity index (χ3n) is 4.12. The van der Waals surface area contributed by atoms with E-state index in [0.29, 0.717) is 26.4 Å². The van der Waals surface area contributed by atoms with E-state index < -0.39 is 0 Å². The molecule has 0 atom stereocenters. The Labute approximate surface area is 161 Å². The van der Waals surface area contributed by atoms with Crippen LogP contribution in [-0.2, 0) is 4.79 Å². The van der Waals surface area contributed by atoms with Crippen molar-refractivity contribution in [2.75, 3.05) is 30.7 Å². The van der Waals surface area contributed by atoms with Gasteiger partial charge in [0.15, 0.2) is 15.8 Å². The molecular weight excluding hydrogens is 368 g/mol. The third-order valence-corrected chi connectivity index (χ3v) is 5.42. The van der Waals surface area contributed by atoms with Crippen LogP contribution in [0.25, 0.3) is 6.08 Å². The lowest BCUT2D eigenvalue weighted by Crippen LogP contribution is -2.27. The van der Waals surface area contributed by atoms with Crippen LogP contribution in [0.15, 0.2) is 47.4 Å². The van der Waals surface area contributed by atoms with E-state index in [1.807, 2.05) is 55.4 Å². The Hall–Kier alpha value is -2.51. The number of amides is 1. The van der Waals surface area contributed by atoms with Gasteiger partial charge in [0.05, 0.1) is 10.6 Å². The van der Waals surface area contributed by atoms with Crippen LogP contribution < -0.4 is 19.3 Å². The summed E-state index contributed by atoms with van der Waals surface area (Å²) in [5.41, 5.74) is 2.75. The molecule has 0 spiro atoms. The number of benzene rings is 2. The number of anilines is 2. The molecule has 2 heterocycles. The van der Waals surface area contributed by atoms with Gasteiger partial charge in [0.1, 0.15) is 0 Å². The molecule has 1 saturated heterocycles. The van der Waals surface area contributed by atoms with Crippen LogP contribution in [-0.4, -0.2) is 31.1 Å². The van der Waals surface area contributed by atoms with E-state index in [-0.39, 0.29) is 12.7 Å². The summed E-state index contributed by atoms with van der Waals surface area (Å²) in [6.45, 7) is 0.194. The molecule has 4 rings (SSSR count). The molecule has 1 fully saturated rings. The van der Waals surface area contributed by atoms with Crippen LogP contribution in [0, 0.1) is 0 Å². The quantitative estimate of drug-likeness (QED) is 0.591. The Morgan fingerprint density at radius 3 is 2.58 bits per heavy atom. The van der Waals surface area contributed by atoms with Gasteiger partial charge in [-0.1, -0.05) is 36.1 Å². The summed E-state index contributed by atoms with van der Waals surface area (Å²) < 4.78 is 11.2. The summed E-state index contributed by atoms with van der Waals surface area (Å²) in [6, 6.07) is 13.4. The van der Waals surface area contributed by atoms with Crippen molar-refractivity contribution in [3.05, 3.63) is 52.9 Å². The largest absolute Gasteiger partial charge is 0.454 e. The third kappa shape index (κ3) is 3.04. The van der Waals surface area contributed by atoms with Gasteiger partial charge >= 0.3 is 0 Å². The Bertz CT molecular complexity index is 923. The highest BCUT2D eigenvalue weighted by molar-refractivity contribution is 8.27. The van der Waals surface area contributed by atoms with E-state index in [9.17, 15) is 4.79 Å². The molecule has 2 aromatic rings. The highest BCUT2D eigenvalue weighted by Crippen LogP contribution is 2.40. The smallest absolute Gasteiger partial charge is 0.270 e. The second-order valence-corrected chi connectivity index (χ2v) is 7.72. The summed E-state index contributed by atoms with van der Waals surface area (Å²) in [6.07, 6.45) is 1.87. The Kier molecular flexibility index (Phi) is 4.34. The molecule has 5 nitrogen and oxygen atoms in total. The van der Waals surface area contributed by atoms with Crippen molar-refractivity contribution < 1.29 is 14.3 Å². The molecule has 2 aliphatic rings. The van der Waals surface area contributed by atoms with Crippen molar-refractivity contribution in [1.82, 2.24) is 0 Å². The van der Waals surface area contributed by atoms with Gasteiger partial charge in [0, 0.05) is 25.8 Å². The summed E-state index contributed by atoms with van der Waals surface area (Å²) in [5.74, 6) is 1.17. The van der Waals surface area contributed by atoms with Crippen LogP contribution in [0.1, 0.15) is 5.56 Å². The first-order valence-electron chi connectivity index (χ1n) is 7.98. The first-order chi connectivity index (χ1) is 12.5. The fraction of sp³-hybridized carbons (Fsp3) is 0.158. The Balaban J connectivity index is 1.61. The zero-order valence-corrected chi connectivity index (χ0v) is 15.9. The van der Waals surface area contributed by atoms with Crippen LogP contribution in [0.5, 0.6) is 11.5 Å². The van der Waals surface area contributed by atoms with Crippen LogP contribution >= 0.6 is 24.0 Å².